The second-order valence-electron chi connectivity index (χ2n) is 7.21. The van der Waals surface area contributed by atoms with Crippen LogP contribution >= 0.6 is 11.8 Å². The van der Waals surface area contributed by atoms with E-state index in [1.165, 1.54) is 26.0 Å². The number of nitrogens with two attached hydrogens (primary N) is 1. The average Bonchev–Trinajstić information content (AvgIpc) is 3.14. The molecule has 1 amide bonds. The number of nitrogens with one attached hydrogen (secondary N) is 1. The molecule has 0 bridgehead atoms. The van der Waals surface area contributed by atoms with Crippen molar-refractivity contribution in [1.82, 2.24) is 5.32 Å². The first-order valence-electron chi connectivity index (χ1n) is 10.1. The standard InChI is InChI=1S/C23H26N2O6S/c1-29-21(26)19(24)12-32-13-20(22(27)30-2)25-23(28)31-11-18-16-9-5-3-7-14(16)15-8-4-6-10-17(15)18/h3-10,18-20H,11-13,24H2,1-2H3,(H,25,28)/t19?,20-/m0/s1. The van der Waals surface area contributed by atoms with Crippen LogP contribution in [0.25, 0.3) is 11.1 Å². The fraction of sp³-hybridized carbons (Fsp3) is 0.348. The van der Waals surface area contributed by atoms with Crippen molar-refractivity contribution in [1.29, 1.82) is 0 Å². The summed E-state index contributed by atoms with van der Waals surface area (Å²) >= 11 is 1.23. The van der Waals surface area contributed by atoms with Crippen LogP contribution in [0.3, 0.4) is 0 Å². The lowest BCUT2D eigenvalue weighted by Gasteiger charge is -2.19. The van der Waals surface area contributed by atoms with E-state index in [9.17, 15) is 14.4 Å². The number of methoxy groups -OCH3 is 2. The molecule has 8 nitrogen and oxygen atoms in total. The van der Waals surface area contributed by atoms with Crippen LogP contribution in [0.15, 0.2) is 48.5 Å². The first-order valence-corrected chi connectivity index (χ1v) is 11.2. The van der Waals surface area contributed by atoms with E-state index < -0.39 is 30.1 Å². The molecular weight excluding hydrogens is 432 g/mol. The van der Waals surface area contributed by atoms with Crippen LogP contribution in [0, 0.1) is 0 Å². The van der Waals surface area contributed by atoms with Gasteiger partial charge in [0.1, 0.15) is 18.7 Å². The third kappa shape index (κ3) is 5.41. The largest absolute Gasteiger partial charge is 0.468 e. The highest BCUT2D eigenvalue weighted by molar-refractivity contribution is 7.99. The highest BCUT2D eigenvalue weighted by Crippen LogP contribution is 2.44. The molecule has 1 aliphatic carbocycles. The number of esters is 2. The van der Waals surface area contributed by atoms with E-state index in [1.807, 2.05) is 36.4 Å². The van der Waals surface area contributed by atoms with E-state index in [1.54, 1.807) is 0 Å². The maximum absolute atomic E-state index is 12.5. The van der Waals surface area contributed by atoms with Crippen molar-refractivity contribution >= 4 is 29.8 Å². The molecule has 3 N–H and O–H groups in total. The molecule has 0 spiro atoms. The van der Waals surface area contributed by atoms with Crippen molar-refractivity contribution in [2.75, 3.05) is 32.3 Å². The molecule has 0 aliphatic heterocycles. The number of fused-ring (bicyclic) bond motifs is 3. The van der Waals surface area contributed by atoms with Crippen LogP contribution < -0.4 is 11.1 Å². The number of thioether (sulfide) groups is 1. The fourth-order valence-corrected chi connectivity index (χ4v) is 4.61. The second kappa shape index (κ2) is 11.0. The van der Waals surface area contributed by atoms with Gasteiger partial charge in [-0.05, 0) is 22.3 Å². The molecule has 0 saturated heterocycles. The Kier molecular flexibility index (Phi) is 8.13. The van der Waals surface area contributed by atoms with E-state index in [-0.39, 0.29) is 24.0 Å². The number of rotatable bonds is 9. The Hall–Kier alpha value is -3.04. The molecule has 1 unspecified atom stereocenters. The number of hydrogen-bond donors (Lipinski definition) is 2. The minimum absolute atomic E-state index is 0.0860. The number of alkyl carbamates (subject to hydrolysis) is 1. The number of carbonyl (C=O) groups excluding carboxylic acids is 3. The molecule has 1 aliphatic rings. The zero-order valence-electron chi connectivity index (χ0n) is 17.9. The van der Waals surface area contributed by atoms with Crippen molar-refractivity contribution in [2.45, 2.75) is 18.0 Å². The zero-order chi connectivity index (χ0) is 23.1. The minimum atomic E-state index is -0.939. The van der Waals surface area contributed by atoms with Crippen LogP contribution in [0.1, 0.15) is 17.0 Å². The van der Waals surface area contributed by atoms with Crippen LogP contribution in [0.5, 0.6) is 0 Å². The molecule has 3 rings (SSSR count). The molecule has 0 fully saturated rings. The Bertz CT molecular complexity index is 937. The molecular formula is C23H26N2O6S. The van der Waals surface area contributed by atoms with Gasteiger partial charge in [0.2, 0.25) is 0 Å². The van der Waals surface area contributed by atoms with Gasteiger partial charge < -0.3 is 25.3 Å². The van der Waals surface area contributed by atoms with Crippen molar-refractivity contribution in [2.24, 2.45) is 5.73 Å². The highest BCUT2D eigenvalue weighted by Gasteiger charge is 2.30. The van der Waals surface area contributed by atoms with Crippen LogP contribution in [-0.2, 0) is 23.8 Å². The maximum atomic E-state index is 12.5. The van der Waals surface area contributed by atoms with Gasteiger partial charge in [-0.25, -0.2) is 9.59 Å². The second-order valence-corrected chi connectivity index (χ2v) is 8.29. The molecule has 2 atom stereocenters. The van der Waals surface area contributed by atoms with Gasteiger partial charge in [-0.2, -0.15) is 11.8 Å². The zero-order valence-corrected chi connectivity index (χ0v) is 18.7. The molecule has 0 radical (unpaired) electrons. The fourth-order valence-electron chi connectivity index (χ4n) is 3.63. The van der Waals surface area contributed by atoms with Crippen LogP contribution in [-0.4, -0.2) is 62.4 Å². The van der Waals surface area contributed by atoms with Crippen molar-refractivity contribution in [3.8, 4) is 11.1 Å². The van der Waals surface area contributed by atoms with E-state index in [0.717, 1.165) is 22.3 Å². The lowest BCUT2D eigenvalue weighted by Crippen LogP contribution is -2.44. The monoisotopic (exact) mass is 458 g/mol. The number of hydrogen-bond acceptors (Lipinski definition) is 8. The van der Waals surface area contributed by atoms with Crippen molar-refractivity contribution in [3.05, 3.63) is 59.7 Å². The van der Waals surface area contributed by atoms with E-state index >= 15 is 0 Å². The average molecular weight is 459 g/mol. The van der Waals surface area contributed by atoms with Gasteiger partial charge in [0.15, 0.2) is 0 Å². The number of ether oxygens (including phenoxy) is 3. The van der Waals surface area contributed by atoms with E-state index in [2.05, 4.69) is 22.2 Å². The lowest BCUT2D eigenvalue weighted by atomic mass is 9.98. The van der Waals surface area contributed by atoms with E-state index in [4.69, 9.17) is 15.2 Å². The van der Waals surface area contributed by atoms with Crippen LogP contribution in [0.4, 0.5) is 4.79 Å². The Balaban J connectivity index is 1.58. The summed E-state index contributed by atoms with van der Waals surface area (Å²) in [5, 5.41) is 2.54. The topological polar surface area (TPSA) is 117 Å². The third-order valence-electron chi connectivity index (χ3n) is 5.21. The van der Waals surface area contributed by atoms with E-state index in [0.29, 0.717) is 0 Å². The molecule has 0 heterocycles. The van der Waals surface area contributed by atoms with Gasteiger partial charge in [0.25, 0.3) is 0 Å². The Morgan fingerprint density at radius 1 is 0.938 bits per heavy atom. The minimum Gasteiger partial charge on any atom is -0.468 e. The SMILES string of the molecule is COC(=O)C(N)CSC[C@H](NC(=O)OCC1c2ccccc2-c2ccccc21)C(=O)OC. The predicted octanol–water partition coefficient (Wildman–Crippen LogP) is 2.30. The summed E-state index contributed by atoms with van der Waals surface area (Å²) in [6, 6.07) is 14.3. The first-order chi connectivity index (χ1) is 15.5. The summed E-state index contributed by atoms with van der Waals surface area (Å²) in [5.41, 5.74) is 10.1. The number of amides is 1. The van der Waals surface area contributed by atoms with Gasteiger partial charge in [0, 0.05) is 17.4 Å². The Labute approximate surface area is 190 Å². The third-order valence-corrected chi connectivity index (χ3v) is 6.37. The van der Waals surface area contributed by atoms with Gasteiger partial charge in [-0.3, -0.25) is 4.79 Å². The smallest absolute Gasteiger partial charge is 0.407 e. The highest BCUT2D eigenvalue weighted by atomic mass is 32.2. The van der Waals surface area contributed by atoms with Crippen LogP contribution in [0.2, 0.25) is 0 Å². The molecule has 170 valence electrons. The van der Waals surface area contributed by atoms with Crippen molar-refractivity contribution in [3.63, 3.8) is 0 Å². The molecule has 0 aromatic heterocycles. The summed E-state index contributed by atoms with van der Waals surface area (Å²) in [5.74, 6) is -0.847. The summed E-state index contributed by atoms with van der Waals surface area (Å²) in [7, 11) is 2.49. The molecule has 0 saturated carbocycles. The quantitative estimate of drug-likeness (QED) is 0.434. The van der Waals surface area contributed by atoms with Gasteiger partial charge in [-0.15, -0.1) is 0 Å². The van der Waals surface area contributed by atoms with Gasteiger partial charge in [0.05, 0.1) is 14.2 Å². The first kappa shape index (κ1) is 23.6. The van der Waals surface area contributed by atoms with Gasteiger partial charge in [-0.1, -0.05) is 48.5 Å². The Morgan fingerprint density at radius 3 is 2.06 bits per heavy atom. The molecule has 32 heavy (non-hydrogen) atoms. The predicted molar refractivity (Wildman–Crippen MR) is 121 cm³/mol. The lowest BCUT2D eigenvalue weighted by molar-refractivity contribution is -0.142. The summed E-state index contributed by atoms with van der Waals surface area (Å²) in [6.45, 7) is 0.133. The summed E-state index contributed by atoms with van der Waals surface area (Å²) < 4.78 is 14.8. The van der Waals surface area contributed by atoms with Crippen molar-refractivity contribution < 1.29 is 28.6 Å². The molecule has 2 aromatic rings. The number of carbonyl (C=O) groups is 3. The van der Waals surface area contributed by atoms with Gasteiger partial charge >= 0.3 is 18.0 Å². The normalized spacial score (nSPS) is 14.0. The molecule has 2 aromatic carbocycles. The maximum Gasteiger partial charge on any atom is 0.407 e. The molecule has 9 heteroatoms. The summed E-state index contributed by atoms with van der Waals surface area (Å²) in [6.07, 6.45) is -0.722. The number of benzene rings is 2. The Morgan fingerprint density at radius 2 is 1.50 bits per heavy atom. The summed E-state index contributed by atoms with van der Waals surface area (Å²) in [4.78, 5) is 35.9.